The molecule has 0 unspecified atom stereocenters. The Morgan fingerprint density at radius 1 is 0.872 bits per heavy atom. The van der Waals surface area contributed by atoms with Crippen LogP contribution in [0, 0.1) is 0 Å². The van der Waals surface area contributed by atoms with Crippen molar-refractivity contribution in [3.05, 3.63) is 119 Å². The number of methoxy groups -OCH3 is 2. The lowest BCUT2D eigenvalue weighted by Gasteiger charge is -2.34. The third-order valence-electron chi connectivity index (χ3n) is 7.66. The fraction of sp³-hybridized carbons (Fsp3) is 0.278. The summed E-state index contributed by atoms with van der Waals surface area (Å²) in [6.07, 6.45) is 1.84. The Morgan fingerprint density at radius 2 is 1.53 bits per heavy atom. The summed E-state index contributed by atoms with van der Waals surface area (Å²) in [5, 5.41) is 3.40. The molecule has 0 heterocycles. The predicted octanol–water partition coefficient (Wildman–Crippen LogP) is 6.11. The van der Waals surface area contributed by atoms with E-state index in [1.165, 1.54) is 37.3 Å². The molecule has 47 heavy (non-hydrogen) atoms. The molecule has 0 bridgehead atoms. The topological polar surface area (TPSA) is 105 Å². The lowest BCUT2D eigenvalue weighted by Crippen LogP contribution is -2.53. The number of carbonyl (C=O) groups is 2. The summed E-state index contributed by atoms with van der Waals surface area (Å²) in [6.45, 7) is 1.78. The summed E-state index contributed by atoms with van der Waals surface area (Å²) in [6, 6.07) is 28.0. The van der Waals surface area contributed by atoms with Crippen LogP contribution in [-0.4, -0.2) is 58.5 Å². The third kappa shape index (κ3) is 9.05. The standard InChI is InChI=1S/C36H40ClN3O6S/c1-4-5-22-38-36(42)33(23-27-14-8-6-9-15-27)39(25-28-16-12-13-19-31(28)37)35(41)26-40(47(43,44)30-17-10-7-11-18-30)32-24-29(45-2)20-21-34(32)46-3/h6-21,24,33H,4-5,22-23,25-26H2,1-3H3,(H,38,42)/t33-/m0/s1. The summed E-state index contributed by atoms with van der Waals surface area (Å²) in [4.78, 5) is 30.0. The van der Waals surface area contributed by atoms with E-state index < -0.39 is 28.5 Å². The van der Waals surface area contributed by atoms with Crippen LogP contribution in [0.1, 0.15) is 30.9 Å². The number of rotatable bonds is 16. The van der Waals surface area contributed by atoms with Crippen LogP contribution in [0.25, 0.3) is 0 Å². The Labute approximate surface area is 282 Å². The predicted molar refractivity (Wildman–Crippen MR) is 184 cm³/mol. The van der Waals surface area contributed by atoms with Gasteiger partial charge in [0.05, 0.1) is 24.8 Å². The van der Waals surface area contributed by atoms with Crippen LogP contribution in [0.4, 0.5) is 5.69 Å². The van der Waals surface area contributed by atoms with Crippen LogP contribution in [0.15, 0.2) is 108 Å². The van der Waals surface area contributed by atoms with E-state index in [9.17, 15) is 18.0 Å². The van der Waals surface area contributed by atoms with E-state index in [1.54, 1.807) is 54.6 Å². The van der Waals surface area contributed by atoms with Gasteiger partial charge in [0, 0.05) is 30.6 Å². The van der Waals surface area contributed by atoms with Crippen LogP contribution >= 0.6 is 11.6 Å². The fourth-order valence-electron chi connectivity index (χ4n) is 5.09. The summed E-state index contributed by atoms with van der Waals surface area (Å²) in [5.74, 6) is -0.374. The Hall–Kier alpha value is -4.54. The van der Waals surface area contributed by atoms with Crippen molar-refractivity contribution >= 4 is 39.1 Å². The van der Waals surface area contributed by atoms with Crippen LogP contribution in [0.5, 0.6) is 11.5 Å². The first-order valence-corrected chi connectivity index (χ1v) is 17.2. The molecule has 1 atom stereocenters. The van der Waals surface area contributed by atoms with Crippen LogP contribution in [0.3, 0.4) is 0 Å². The zero-order chi connectivity index (χ0) is 33.8. The zero-order valence-corrected chi connectivity index (χ0v) is 28.3. The molecule has 0 aliphatic heterocycles. The number of amides is 2. The molecule has 4 aromatic rings. The van der Waals surface area contributed by atoms with E-state index in [-0.39, 0.29) is 35.2 Å². The molecule has 0 aliphatic rings. The number of hydrogen-bond acceptors (Lipinski definition) is 6. The smallest absolute Gasteiger partial charge is 0.264 e. The minimum absolute atomic E-state index is 0.0199. The molecule has 0 radical (unpaired) electrons. The quantitative estimate of drug-likeness (QED) is 0.144. The second-order valence-corrected chi connectivity index (χ2v) is 13.1. The van der Waals surface area contributed by atoms with Crippen molar-refractivity contribution in [2.45, 2.75) is 43.7 Å². The van der Waals surface area contributed by atoms with E-state index in [0.717, 1.165) is 22.7 Å². The van der Waals surface area contributed by atoms with Gasteiger partial charge in [-0.15, -0.1) is 0 Å². The Kier molecular flexibility index (Phi) is 12.7. The second kappa shape index (κ2) is 16.9. The number of carbonyl (C=O) groups excluding carboxylic acids is 2. The molecule has 0 aromatic heterocycles. The van der Waals surface area contributed by atoms with Gasteiger partial charge in [0.25, 0.3) is 10.0 Å². The van der Waals surface area contributed by atoms with E-state index in [4.69, 9.17) is 21.1 Å². The second-order valence-electron chi connectivity index (χ2n) is 10.8. The molecule has 4 rings (SSSR count). The van der Waals surface area contributed by atoms with Crippen molar-refractivity contribution < 1.29 is 27.5 Å². The Morgan fingerprint density at radius 3 is 2.17 bits per heavy atom. The number of anilines is 1. The minimum atomic E-state index is -4.32. The van der Waals surface area contributed by atoms with Gasteiger partial charge in [-0.2, -0.15) is 0 Å². The average Bonchev–Trinajstić information content (AvgIpc) is 3.09. The van der Waals surface area contributed by atoms with Gasteiger partial charge in [0.2, 0.25) is 11.8 Å². The van der Waals surface area contributed by atoms with Gasteiger partial charge in [-0.25, -0.2) is 8.42 Å². The van der Waals surface area contributed by atoms with Gasteiger partial charge in [0.1, 0.15) is 24.1 Å². The lowest BCUT2D eigenvalue weighted by molar-refractivity contribution is -0.140. The molecule has 0 spiro atoms. The third-order valence-corrected chi connectivity index (χ3v) is 9.81. The number of hydrogen-bond donors (Lipinski definition) is 1. The fourth-order valence-corrected chi connectivity index (χ4v) is 6.73. The molecular formula is C36H40ClN3O6S. The number of benzene rings is 4. The Balaban J connectivity index is 1.85. The molecule has 0 aliphatic carbocycles. The van der Waals surface area contributed by atoms with Crippen molar-refractivity contribution in [1.29, 1.82) is 0 Å². The Bertz CT molecular complexity index is 1740. The van der Waals surface area contributed by atoms with Crippen molar-refractivity contribution in [2.24, 2.45) is 0 Å². The normalized spacial score (nSPS) is 11.7. The van der Waals surface area contributed by atoms with Crippen LogP contribution < -0.4 is 19.1 Å². The van der Waals surface area contributed by atoms with Gasteiger partial charge in [-0.1, -0.05) is 91.7 Å². The maximum Gasteiger partial charge on any atom is 0.264 e. The van der Waals surface area contributed by atoms with E-state index in [2.05, 4.69) is 5.32 Å². The summed E-state index contributed by atoms with van der Waals surface area (Å²) < 4.78 is 40.6. The number of nitrogens with one attached hydrogen (secondary N) is 1. The highest BCUT2D eigenvalue weighted by atomic mass is 35.5. The number of ether oxygens (including phenoxy) is 2. The van der Waals surface area contributed by atoms with Gasteiger partial charge in [-0.3, -0.25) is 13.9 Å². The lowest BCUT2D eigenvalue weighted by atomic mass is 10.0. The molecule has 4 aromatic carbocycles. The number of sulfonamides is 1. The van der Waals surface area contributed by atoms with E-state index in [1.807, 2.05) is 37.3 Å². The van der Waals surface area contributed by atoms with E-state index in [0.29, 0.717) is 22.9 Å². The highest BCUT2D eigenvalue weighted by Gasteiger charge is 2.36. The first kappa shape index (κ1) is 35.3. The number of halogens is 1. The molecule has 0 saturated carbocycles. The van der Waals surface area contributed by atoms with Gasteiger partial charge in [0.15, 0.2) is 0 Å². The first-order valence-electron chi connectivity index (χ1n) is 15.3. The molecule has 0 fully saturated rings. The maximum absolute atomic E-state index is 14.7. The monoisotopic (exact) mass is 677 g/mol. The maximum atomic E-state index is 14.7. The van der Waals surface area contributed by atoms with Gasteiger partial charge < -0.3 is 19.7 Å². The number of nitrogens with zero attached hydrogens (tertiary/aromatic N) is 2. The van der Waals surface area contributed by atoms with Gasteiger partial charge >= 0.3 is 0 Å². The molecule has 248 valence electrons. The molecular weight excluding hydrogens is 638 g/mol. The largest absolute Gasteiger partial charge is 0.497 e. The summed E-state index contributed by atoms with van der Waals surface area (Å²) in [5.41, 5.74) is 1.55. The van der Waals surface area contributed by atoms with Crippen molar-refractivity contribution in [1.82, 2.24) is 10.2 Å². The SMILES string of the molecule is CCCCNC(=O)[C@H](Cc1ccccc1)N(Cc1ccccc1Cl)C(=O)CN(c1cc(OC)ccc1OC)S(=O)(=O)c1ccccc1. The highest BCUT2D eigenvalue weighted by molar-refractivity contribution is 7.92. The van der Waals surface area contributed by atoms with E-state index >= 15 is 0 Å². The summed E-state index contributed by atoms with van der Waals surface area (Å²) >= 11 is 6.57. The van der Waals surface area contributed by atoms with Crippen LogP contribution in [-0.2, 0) is 32.6 Å². The van der Waals surface area contributed by atoms with Crippen molar-refractivity contribution in [3.63, 3.8) is 0 Å². The van der Waals surface area contributed by atoms with Crippen molar-refractivity contribution in [3.8, 4) is 11.5 Å². The van der Waals surface area contributed by atoms with Crippen molar-refractivity contribution in [2.75, 3.05) is 31.6 Å². The molecule has 9 nitrogen and oxygen atoms in total. The summed E-state index contributed by atoms with van der Waals surface area (Å²) in [7, 11) is -1.44. The molecule has 1 N–H and O–H groups in total. The molecule has 0 saturated heterocycles. The highest BCUT2D eigenvalue weighted by Crippen LogP contribution is 2.36. The van der Waals surface area contributed by atoms with Crippen LogP contribution in [0.2, 0.25) is 5.02 Å². The molecule has 11 heteroatoms. The van der Waals surface area contributed by atoms with Gasteiger partial charge in [-0.05, 0) is 47.9 Å². The first-order chi connectivity index (χ1) is 22.7. The minimum Gasteiger partial charge on any atom is -0.497 e. The zero-order valence-electron chi connectivity index (χ0n) is 26.8. The molecule has 2 amide bonds. The average molecular weight is 678 g/mol. The number of unbranched alkanes of at least 4 members (excludes halogenated alkanes) is 1.